The van der Waals surface area contributed by atoms with Crippen molar-refractivity contribution in [3.8, 4) is 0 Å². The molecule has 0 atom stereocenters. The summed E-state index contributed by atoms with van der Waals surface area (Å²) in [4.78, 5) is 16.5. The third-order valence-electron chi connectivity index (χ3n) is 3.91. The molecule has 0 bridgehead atoms. The fraction of sp³-hybridized carbons (Fsp3) is 0.158. The van der Waals surface area contributed by atoms with E-state index in [-0.39, 0.29) is 21.8 Å². The lowest BCUT2D eigenvalue weighted by molar-refractivity contribution is -0.121. The van der Waals surface area contributed by atoms with Gasteiger partial charge in [0.05, 0.1) is 9.24 Å². The fourth-order valence-electron chi connectivity index (χ4n) is 2.47. The molecule has 2 heterocycles. The van der Waals surface area contributed by atoms with Crippen molar-refractivity contribution in [3.05, 3.63) is 63.9 Å². The normalized spacial score (nSPS) is 17.3. The minimum Gasteiger partial charge on any atom is -0.378 e. The van der Waals surface area contributed by atoms with E-state index in [1.165, 1.54) is 23.1 Å². The largest absolute Gasteiger partial charge is 0.378 e. The van der Waals surface area contributed by atoms with E-state index in [1.54, 1.807) is 6.08 Å². The molecule has 1 saturated heterocycles. The average molecular weight is 468 g/mol. The van der Waals surface area contributed by atoms with Gasteiger partial charge in [0.2, 0.25) is 0 Å². The quantitative estimate of drug-likeness (QED) is 0.467. The van der Waals surface area contributed by atoms with Crippen LogP contribution in [0.15, 0.2) is 62.6 Å². The summed E-state index contributed by atoms with van der Waals surface area (Å²) in [7, 11) is -0.0779. The minimum absolute atomic E-state index is 0.0262. The van der Waals surface area contributed by atoms with Gasteiger partial charge in [-0.25, -0.2) is 0 Å². The third kappa shape index (κ3) is 4.92. The van der Waals surface area contributed by atoms with E-state index in [0.29, 0.717) is 9.24 Å². The predicted octanol–water partition coefficient (Wildman–Crippen LogP) is 4.31. The van der Waals surface area contributed by atoms with Gasteiger partial charge >= 0.3 is 0 Å². The Morgan fingerprint density at radius 1 is 1.21 bits per heavy atom. The van der Waals surface area contributed by atoms with Gasteiger partial charge in [0, 0.05) is 26.3 Å². The van der Waals surface area contributed by atoms with Crippen LogP contribution in [0, 0.1) is 0 Å². The molecule has 0 unspecified atom stereocenters. The summed E-state index contributed by atoms with van der Waals surface area (Å²) in [5, 5.41) is 0.0931. The summed E-state index contributed by atoms with van der Waals surface area (Å²) in [6, 6.07) is 10.6. The number of rotatable bonds is 6. The first-order chi connectivity index (χ1) is 13.7. The Labute approximate surface area is 183 Å². The smallest absolute Gasteiger partial charge is 0.294 e. The first-order valence-corrected chi connectivity index (χ1v) is 11.9. The molecule has 10 heteroatoms. The van der Waals surface area contributed by atoms with Crippen molar-refractivity contribution in [1.29, 1.82) is 0 Å². The van der Waals surface area contributed by atoms with E-state index in [4.69, 9.17) is 11.6 Å². The van der Waals surface area contributed by atoms with Crippen LogP contribution in [0.4, 0.5) is 5.69 Å². The number of amides is 1. The Balaban J connectivity index is 1.94. The average Bonchev–Trinajstić information content (AvgIpc) is 3.22. The zero-order valence-electron chi connectivity index (χ0n) is 15.7. The van der Waals surface area contributed by atoms with Crippen molar-refractivity contribution in [3.63, 3.8) is 0 Å². The van der Waals surface area contributed by atoms with Gasteiger partial charge in [-0.05, 0) is 47.7 Å². The number of nitrogens with zero attached hydrogens (tertiary/aromatic N) is 3. The standard InChI is InChI=1S/C19H18ClN3O3S3/c1-4-11-23-18(24)15(12-13-5-7-14(8-6-13)22(2)3)27-19(23)21-29(25,26)17-10-9-16(20)28-17/h4-10,12H,1,11H2,2-3H3/b15-12-,21-19?. The number of amidine groups is 1. The van der Waals surface area contributed by atoms with E-state index in [2.05, 4.69) is 11.0 Å². The number of carbonyl (C=O) groups excluding carboxylic acids is 1. The van der Waals surface area contributed by atoms with Crippen LogP contribution in [0.25, 0.3) is 6.08 Å². The highest BCUT2D eigenvalue weighted by Gasteiger charge is 2.34. The van der Waals surface area contributed by atoms with E-state index >= 15 is 0 Å². The van der Waals surface area contributed by atoms with E-state index < -0.39 is 10.0 Å². The molecule has 0 saturated carbocycles. The second-order valence-electron chi connectivity index (χ2n) is 6.21. The second kappa shape index (κ2) is 8.74. The summed E-state index contributed by atoms with van der Waals surface area (Å²) in [5.41, 5.74) is 1.87. The van der Waals surface area contributed by atoms with Crippen molar-refractivity contribution < 1.29 is 13.2 Å². The molecule has 152 valence electrons. The highest BCUT2D eigenvalue weighted by molar-refractivity contribution is 8.19. The van der Waals surface area contributed by atoms with E-state index in [1.807, 2.05) is 43.3 Å². The molecule has 29 heavy (non-hydrogen) atoms. The lowest BCUT2D eigenvalue weighted by atomic mass is 10.2. The van der Waals surface area contributed by atoms with Crippen molar-refractivity contribution in [2.24, 2.45) is 4.40 Å². The Morgan fingerprint density at radius 2 is 1.90 bits per heavy atom. The van der Waals surface area contributed by atoms with Gasteiger partial charge < -0.3 is 4.90 Å². The molecule has 0 N–H and O–H groups in total. The van der Waals surface area contributed by atoms with Crippen molar-refractivity contribution in [2.45, 2.75) is 4.21 Å². The van der Waals surface area contributed by atoms with Gasteiger partial charge in [-0.1, -0.05) is 29.8 Å². The summed E-state index contributed by atoms with van der Waals surface area (Å²) in [6.07, 6.45) is 3.25. The van der Waals surface area contributed by atoms with E-state index in [9.17, 15) is 13.2 Å². The third-order valence-corrected chi connectivity index (χ3v) is 8.00. The Morgan fingerprint density at radius 3 is 2.45 bits per heavy atom. The lowest BCUT2D eigenvalue weighted by Gasteiger charge is -2.12. The number of thiophene rings is 1. The van der Waals surface area contributed by atoms with Crippen molar-refractivity contribution in [2.75, 3.05) is 25.5 Å². The number of hydrogen-bond acceptors (Lipinski definition) is 6. The molecular weight excluding hydrogens is 450 g/mol. The molecule has 3 rings (SSSR count). The Hall–Kier alpha value is -2.07. The van der Waals surface area contributed by atoms with Crippen LogP contribution in [0.2, 0.25) is 4.34 Å². The molecule has 1 amide bonds. The maximum Gasteiger partial charge on any atom is 0.294 e. The molecule has 1 fully saturated rings. The lowest BCUT2D eigenvalue weighted by Crippen LogP contribution is -2.29. The van der Waals surface area contributed by atoms with Crippen molar-refractivity contribution in [1.82, 2.24) is 4.90 Å². The highest BCUT2D eigenvalue weighted by atomic mass is 35.5. The Bertz CT molecular complexity index is 1100. The summed E-state index contributed by atoms with van der Waals surface area (Å²) in [5.74, 6) is -0.315. The van der Waals surface area contributed by atoms with Gasteiger partial charge in [-0.15, -0.1) is 22.3 Å². The molecule has 0 radical (unpaired) electrons. The number of hydrogen-bond donors (Lipinski definition) is 0. The predicted molar refractivity (Wildman–Crippen MR) is 122 cm³/mol. The molecule has 1 aliphatic rings. The van der Waals surface area contributed by atoms with Crippen LogP contribution in [0.3, 0.4) is 0 Å². The fourth-order valence-corrected chi connectivity index (χ4v) is 6.12. The maximum absolute atomic E-state index is 12.8. The van der Waals surface area contributed by atoms with Gasteiger partial charge in [0.15, 0.2) is 5.17 Å². The maximum atomic E-state index is 12.8. The van der Waals surface area contributed by atoms with E-state index in [0.717, 1.165) is 34.3 Å². The van der Waals surface area contributed by atoms with Gasteiger partial charge in [0.1, 0.15) is 4.21 Å². The van der Waals surface area contributed by atoms with Gasteiger partial charge in [0.25, 0.3) is 15.9 Å². The highest BCUT2D eigenvalue weighted by Crippen LogP contribution is 2.35. The molecule has 0 spiro atoms. The number of halogens is 1. The zero-order valence-corrected chi connectivity index (χ0v) is 18.9. The van der Waals surface area contributed by atoms with Crippen LogP contribution in [0.1, 0.15) is 5.56 Å². The first kappa shape index (κ1) is 21.6. The number of benzene rings is 1. The second-order valence-corrected chi connectivity index (χ2v) is 10.8. The van der Waals surface area contributed by atoms with Crippen LogP contribution in [-0.2, 0) is 14.8 Å². The topological polar surface area (TPSA) is 70.1 Å². The molecular formula is C19H18ClN3O3S3. The van der Waals surface area contributed by atoms with Gasteiger partial charge in [-0.2, -0.15) is 8.42 Å². The molecule has 6 nitrogen and oxygen atoms in total. The molecule has 2 aromatic rings. The summed E-state index contributed by atoms with van der Waals surface area (Å²) < 4.78 is 29.4. The minimum atomic E-state index is -3.97. The molecule has 0 aliphatic carbocycles. The van der Waals surface area contributed by atoms with Crippen LogP contribution >= 0.6 is 34.7 Å². The van der Waals surface area contributed by atoms with Crippen molar-refractivity contribution >= 4 is 67.6 Å². The number of sulfonamides is 1. The summed E-state index contributed by atoms with van der Waals surface area (Å²) in [6.45, 7) is 3.79. The van der Waals surface area contributed by atoms with Crippen LogP contribution < -0.4 is 4.90 Å². The Kier molecular flexibility index (Phi) is 6.52. The van der Waals surface area contributed by atoms with Crippen LogP contribution in [-0.4, -0.2) is 45.0 Å². The van der Waals surface area contributed by atoms with Crippen LogP contribution in [0.5, 0.6) is 0 Å². The molecule has 1 aromatic heterocycles. The SMILES string of the molecule is C=CCN1C(=O)/C(=C/c2ccc(N(C)C)cc2)SC1=NS(=O)(=O)c1ccc(Cl)s1. The molecule has 1 aromatic carbocycles. The summed E-state index contributed by atoms with van der Waals surface area (Å²) >= 11 is 7.78. The monoisotopic (exact) mass is 467 g/mol. The molecule has 1 aliphatic heterocycles. The zero-order chi connectivity index (χ0) is 21.2. The number of anilines is 1. The number of carbonyl (C=O) groups is 1. The first-order valence-electron chi connectivity index (χ1n) is 8.41. The number of thioether (sulfide) groups is 1. The van der Waals surface area contributed by atoms with Gasteiger partial charge in [-0.3, -0.25) is 9.69 Å².